The molecule has 4 nitrogen and oxygen atoms in total. The number of aliphatic hydroxyl groups excluding tert-OH is 1. The van der Waals surface area contributed by atoms with Gasteiger partial charge in [-0.25, -0.2) is 0 Å². The van der Waals surface area contributed by atoms with Crippen molar-refractivity contribution in [3.05, 3.63) is 0 Å². The number of thioether (sulfide) groups is 1. The Bertz CT molecular complexity index is 227. The van der Waals surface area contributed by atoms with Crippen molar-refractivity contribution in [2.24, 2.45) is 5.92 Å². The van der Waals surface area contributed by atoms with Gasteiger partial charge in [0.05, 0.1) is 0 Å². The fourth-order valence-corrected chi connectivity index (χ4v) is 3.19. The van der Waals surface area contributed by atoms with Crippen LogP contribution in [-0.2, 0) is 4.79 Å². The molecular weight excluding hydrogens is 248 g/mol. The van der Waals surface area contributed by atoms with Gasteiger partial charge in [-0.05, 0) is 18.8 Å². The monoisotopic (exact) mass is 274 g/mol. The van der Waals surface area contributed by atoms with E-state index in [1.807, 2.05) is 11.8 Å². The molecule has 0 spiro atoms. The molecule has 2 atom stereocenters. The Balaban J connectivity index is 2.17. The molecule has 1 aliphatic heterocycles. The second kappa shape index (κ2) is 9.64. The minimum atomic E-state index is 0.133. The van der Waals surface area contributed by atoms with E-state index in [1.165, 1.54) is 0 Å². The molecule has 106 valence electrons. The highest BCUT2D eigenvalue weighted by atomic mass is 32.2. The second-order valence-corrected chi connectivity index (χ2v) is 6.05. The van der Waals surface area contributed by atoms with Gasteiger partial charge >= 0.3 is 0 Å². The van der Waals surface area contributed by atoms with E-state index in [9.17, 15) is 4.79 Å². The molecule has 0 aromatic rings. The number of rotatable bonds is 8. The van der Waals surface area contributed by atoms with Crippen LogP contribution in [0.15, 0.2) is 0 Å². The van der Waals surface area contributed by atoms with Gasteiger partial charge < -0.3 is 15.7 Å². The highest BCUT2D eigenvalue weighted by Gasteiger charge is 2.17. The lowest BCUT2D eigenvalue weighted by Gasteiger charge is -2.23. The van der Waals surface area contributed by atoms with Crippen LogP contribution in [-0.4, -0.2) is 48.3 Å². The standard InChI is InChI=1S/C13H26N2O2S/c1-2-3-11(4-6-16)9-15-13(17)8-12-10-18-7-5-14-12/h11-12,14,16H,2-10H2,1H3,(H,15,17). The van der Waals surface area contributed by atoms with Crippen LogP contribution in [0.4, 0.5) is 0 Å². The number of hydrogen-bond donors (Lipinski definition) is 3. The molecule has 0 saturated carbocycles. The Hall–Kier alpha value is -0.260. The van der Waals surface area contributed by atoms with Crippen molar-refractivity contribution >= 4 is 17.7 Å². The largest absolute Gasteiger partial charge is 0.396 e. The van der Waals surface area contributed by atoms with E-state index in [0.717, 1.165) is 37.3 Å². The van der Waals surface area contributed by atoms with E-state index < -0.39 is 0 Å². The Morgan fingerprint density at radius 3 is 3.00 bits per heavy atom. The predicted molar refractivity (Wildman–Crippen MR) is 76.8 cm³/mol. The Kier molecular flexibility index (Phi) is 8.46. The van der Waals surface area contributed by atoms with Crippen molar-refractivity contribution in [3.8, 4) is 0 Å². The Labute approximate surface area is 114 Å². The zero-order valence-electron chi connectivity index (χ0n) is 11.3. The summed E-state index contributed by atoms with van der Waals surface area (Å²) in [5.74, 6) is 2.72. The maximum Gasteiger partial charge on any atom is 0.221 e. The SMILES string of the molecule is CCCC(CCO)CNC(=O)CC1CSCCN1. The molecule has 1 rings (SSSR count). The summed E-state index contributed by atoms with van der Waals surface area (Å²) >= 11 is 1.91. The van der Waals surface area contributed by atoms with Crippen LogP contribution in [0.25, 0.3) is 0 Å². The number of aliphatic hydroxyl groups is 1. The van der Waals surface area contributed by atoms with Gasteiger partial charge in [-0.15, -0.1) is 0 Å². The predicted octanol–water partition coefficient (Wildman–Crippen LogP) is 0.996. The summed E-state index contributed by atoms with van der Waals surface area (Å²) in [6.07, 6.45) is 3.52. The van der Waals surface area contributed by atoms with Gasteiger partial charge in [0.25, 0.3) is 0 Å². The molecule has 5 heteroatoms. The van der Waals surface area contributed by atoms with Gasteiger partial charge in [-0.2, -0.15) is 11.8 Å². The molecule has 0 aromatic carbocycles. The van der Waals surface area contributed by atoms with Crippen molar-refractivity contribution in [1.29, 1.82) is 0 Å². The fourth-order valence-electron chi connectivity index (χ4n) is 2.24. The highest BCUT2D eigenvalue weighted by molar-refractivity contribution is 7.99. The number of carbonyl (C=O) groups is 1. The van der Waals surface area contributed by atoms with Crippen molar-refractivity contribution in [2.45, 2.75) is 38.6 Å². The highest BCUT2D eigenvalue weighted by Crippen LogP contribution is 2.11. The number of nitrogens with one attached hydrogen (secondary N) is 2. The van der Waals surface area contributed by atoms with Crippen molar-refractivity contribution < 1.29 is 9.90 Å². The molecule has 18 heavy (non-hydrogen) atoms. The van der Waals surface area contributed by atoms with E-state index in [1.54, 1.807) is 0 Å². The minimum absolute atomic E-state index is 0.133. The van der Waals surface area contributed by atoms with Gasteiger partial charge in [-0.3, -0.25) is 4.79 Å². The lowest BCUT2D eigenvalue weighted by molar-refractivity contribution is -0.121. The normalized spacial score (nSPS) is 21.6. The number of amides is 1. The molecule has 1 aliphatic rings. The third-order valence-corrected chi connectivity index (χ3v) is 4.38. The minimum Gasteiger partial charge on any atom is -0.396 e. The first-order valence-electron chi connectivity index (χ1n) is 6.95. The van der Waals surface area contributed by atoms with Crippen LogP contribution in [0, 0.1) is 5.92 Å². The molecule has 0 aliphatic carbocycles. The zero-order chi connectivity index (χ0) is 13.2. The van der Waals surface area contributed by atoms with E-state index in [2.05, 4.69) is 17.6 Å². The second-order valence-electron chi connectivity index (χ2n) is 4.90. The van der Waals surface area contributed by atoms with Crippen LogP contribution in [0.2, 0.25) is 0 Å². The molecule has 0 radical (unpaired) electrons. The summed E-state index contributed by atoms with van der Waals surface area (Å²) in [5.41, 5.74) is 0. The molecular formula is C13H26N2O2S. The summed E-state index contributed by atoms with van der Waals surface area (Å²) in [7, 11) is 0. The summed E-state index contributed by atoms with van der Waals surface area (Å²) < 4.78 is 0. The van der Waals surface area contributed by atoms with Crippen molar-refractivity contribution in [2.75, 3.05) is 31.2 Å². The number of hydrogen-bond acceptors (Lipinski definition) is 4. The average molecular weight is 274 g/mol. The molecule has 0 aromatic heterocycles. The summed E-state index contributed by atoms with van der Waals surface area (Å²) in [6, 6.07) is 0.325. The lowest BCUT2D eigenvalue weighted by Crippen LogP contribution is -2.42. The molecule has 1 amide bonds. The van der Waals surface area contributed by atoms with Gasteiger partial charge in [-0.1, -0.05) is 13.3 Å². The molecule has 3 N–H and O–H groups in total. The zero-order valence-corrected chi connectivity index (χ0v) is 12.1. The van der Waals surface area contributed by atoms with Crippen LogP contribution < -0.4 is 10.6 Å². The maximum absolute atomic E-state index is 11.8. The Morgan fingerprint density at radius 1 is 1.56 bits per heavy atom. The van der Waals surface area contributed by atoms with E-state index in [0.29, 0.717) is 24.9 Å². The molecule has 1 saturated heterocycles. The quantitative estimate of drug-likeness (QED) is 0.618. The molecule has 1 fully saturated rings. The van der Waals surface area contributed by atoms with Gasteiger partial charge in [0.15, 0.2) is 0 Å². The van der Waals surface area contributed by atoms with E-state index in [4.69, 9.17) is 5.11 Å². The third kappa shape index (κ3) is 6.61. The average Bonchev–Trinajstić information content (AvgIpc) is 2.38. The lowest BCUT2D eigenvalue weighted by atomic mass is 10.00. The van der Waals surface area contributed by atoms with Crippen molar-refractivity contribution in [3.63, 3.8) is 0 Å². The number of carbonyl (C=O) groups excluding carboxylic acids is 1. The maximum atomic E-state index is 11.8. The summed E-state index contributed by atoms with van der Waals surface area (Å²) in [6.45, 7) is 4.05. The molecule has 1 heterocycles. The summed E-state index contributed by atoms with van der Waals surface area (Å²) in [4.78, 5) is 11.8. The third-order valence-electron chi connectivity index (χ3n) is 3.25. The first-order chi connectivity index (χ1) is 8.76. The Morgan fingerprint density at radius 2 is 2.39 bits per heavy atom. The first kappa shape index (κ1) is 15.8. The van der Waals surface area contributed by atoms with Crippen LogP contribution in [0.3, 0.4) is 0 Å². The topological polar surface area (TPSA) is 61.4 Å². The molecule has 2 unspecified atom stereocenters. The van der Waals surface area contributed by atoms with E-state index >= 15 is 0 Å². The smallest absolute Gasteiger partial charge is 0.221 e. The van der Waals surface area contributed by atoms with Gasteiger partial charge in [0.1, 0.15) is 0 Å². The van der Waals surface area contributed by atoms with Crippen LogP contribution >= 0.6 is 11.8 Å². The van der Waals surface area contributed by atoms with Gasteiger partial charge in [0.2, 0.25) is 5.91 Å². The molecule has 0 bridgehead atoms. The van der Waals surface area contributed by atoms with Crippen LogP contribution in [0.5, 0.6) is 0 Å². The van der Waals surface area contributed by atoms with Crippen LogP contribution in [0.1, 0.15) is 32.6 Å². The van der Waals surface area contributed by atoms with Crippen molar-refractivity contribution in [1.82, 2.24) is 10.6 Å². The van der Waals surface area contributed by atoms with E-state index in [-0.39, 0.29) is 12.5 Å². The fraction of sp³-hybridized carbons (Fsp3) is 0.923. The summed E-state index contributed by atoms with van der Waals surface area (Å²) in [5, 5.41) is 15.3. The van der Waals surface area contributed by atoms with Gasteiger partial charge in [0, 0.05) is 43.7 Å². The first-order valence-corrected chi connectivity index (χ1v) is 8.10.